The third kappa shape index (κ3) is 2.40. The van der Waals surface area contributed by atoms with Gasteiger partial charge in [0.2, 0.25) is 0 Å². The second-order valence-electron chi connectivity index (χ2n) is 2.67. The van der Waals surface area contributed by atoms with E-state index in [1.165, 1.54) is 13.2 Å². The summed E-state index contributed by atoms with van der Waals surface area (Å²) in [5.74, 6) is 0.446. The van der Waals surface area contributed by atoms with Crippen molar-refractivity contribution in [3.05, 3.63) is 22.2 Å². The minimum absolute atomic E-state index is 0.0605. The zero-order valence-corrected chi connectivity index (χ0v) is 10.7. The maximum Gasteiger partial charge on any atom is 0.261 e. The van der Waals surface area contributed by atoms with Gasteiger partial charge >= 0.3 is 0 Å². The number of hydrogen-bond donors (Lipinski definition) is 0. The van der Waals surface area contributed by atoms with Gasteiger partial charge in [-0.05, 0) is 18.6 Å². The van der Waals surface area contributed by atoms with E-state index < -0.39 is 9.05 Å². The Balaban J connectivity index is 3.51. The lowest BCUT2D eigenvalue weighted by Crippen LogP contribution is -1.96. The molecule has 0 amide bonds. The largest absolute Gasteiger partial charge is 0.497 e. The highest BCUT2D eigenvalue weighted by molar-refractivity contribution is 9.10. The lowest BCUT2D eigenvalue weighted by molar-refractivity contribution is 0.413. The Labute approximate surface area is 95.6 Å². The second-order valence-corrected chi connectivity index (χ2v) is 6.06. The lowest BCUT2D eigenvalue weighted by atomic mass is 10.2. The molecule has 0 aliphatic rings. The second kappa shape index (κ2) is 4.08. The number of rotatable bonds is 2. The van der Waals surface area contributed by atoms with Crippen molar-refractivity contribution in [2.45, 2.75) is 11.8 Å². The number of benzene rings is 1. The van der Waals surface area contributed by atoms with E-state index in [2.05, 4.69) is 15.9 Å². The summed E-state index contributed by atoms with van der Waals surface area (Å²) in [6, 6.07) is 3.07. The van der Waals surface area contributed by atoms with Gasteiger partial charge in [0.15, 0.2) is 0 Å². The zero-order valence-electron chi connectivity index (χ0n) is 7.54. The summed E-state index contributed by atoms with van der Waals surface area (Å²) in [4.78, 5) is 0.0605. The van der Waals surface area contributed by atoms with Gasteiger partial charge in [-0.2, -0.15) is 0 Å². The maximum atomic E-state index is 11.2. The summed E-state index contributed by atoms with van der Waals surface area (Å²) in [7, 11) is 2.99. The highest BCUT2D eigenvalue weighted by Gasteiger charge is 2.16. The van der Waals surface area contributed by atoms with E-state index in [0.717, 1.165) is 0 Å². The Morgan fingerprint density at radius 2 is 2.00 bits per heavy atom. The molecule has 0 unspecified atom stereocenters. The average molecular weight is 300 g/mol. The van der Waals surface area contributed by atoms with E-state index in [1.807, 2.05) is 0 Å². The summed E-state index contributed by atoms with van der Waals surface area (Å²) < 4.78 is 27.9. The van der Waals surface area contributed by atoms with Crippen molar-refractivity contribution in [1.29, 1.82) is 0 Å². The molecule has 3 nitrogen and oxygen atoms in total. The number of methoxy groups -OCH3 is 1. The van der Waals surface area contributed by atoms with Crippen molar-refractivity contribution in [3.63, 3.8) is 0 Å². The van der Waals surface area contributed by atoms with Gasteiger partial charge in [0.1, 0.15) is 5.75 Å². The molecule has 0 radical (unpaired) electrons. The van der Waals surface area contributed by atoms with E-state index in [1.54, 1.807) is 13.0 Å². The molecule has 0 fully saturated rings. The molecule has 14 heavy (non-hydrogen) atoms. The van der Waals surface area contributed by atoms with Gasteiger partial charge < -0.3 is 4.74 Å². The molecule has 0 spiro atoms. The Morgan fingerprint density at radius 1 is 1.43 bits per heavy atom. The van der Waals surface area contributed by atoms with Crippen LogP contribution in [-0.4, -0.2) is 15.5 Å². The predicted molar refractivity (Wildman–Crippen MR) is 58.5 cm³/mol. The SMILES string of the molecule is COc1cc(Br)c(C)c(S(=O)(=O)Cl)c1. The van der Waals surface area contributed by atoms with E-state index in [9.17, 15) is 8.42 Å². The Kier molecular flexibility index (Phi) is 3.44. The van der Waals surface area contributed by atoms with Gasteiger partial charge in [-0.15, -0.1) is 0 Å². The standard InChI is InChI=1S/C8H8BrClO3S/c1-5-7(9)3-6(13-2)4-8(5)14(10,11)12/h3-4H,1-2H3. The first-order valence-corrected chi connectivity index (χ1v) is 6.75. The van der Waals surface area contributed by atoms with Crippen LogP contribution in [0, 0.1) is 6.92 Å². The van der Waals surface area contributed by atoms with E-state index >= 15 is 0 Å². The quantitative estimate of drug-likeness (QED) is 0.789. The highest BCUT2D eigenvalue weighted by Crippen LogP contribution is 2.30. The fourth-order valence-electron chi connectivity index (χ4n) is 1.00. The fraction of sp³-hybridized carbons (Fsp3) is 0.250. The Bertz CT molecular complexity index is 456. The van der Waals surface area contributed by atoms with E-state index in [-0.39, 0.29) is 4.90 Å². The summed E-state index contributed by atoms with van der Waals surface area (Å²) in [6.45, 7) is 1.67. The van der Waals surface area contributed by atoms with Crippen LogP contribution in [0.1, 0.15) is 5.56 Å². The third-order valence-electron chi connectivity index (χ3n) is 1.77. The molecule has 0 heterocycles. The first-order valence-electron chi connectivity index (χ1n) is 3.65. The fourth-order valence-corrected chi connectivity index (χ4v) is 2.78. The zero-order chi connectivity index (χ0) is 10.9. The van der Waals surface area contributed by atoms with Crippen LogP contribution in [0.5, 0.6) is 5.75 Å². The first-order chi connectivity index (χ1) is 6.36. The molecule has 0 bridgehead atoms. The molecule has 0 aliphatic carbocycles. The van der Waals surface area contributed by atoms with Crippen LogP contribution in [0.15, 0.2) is 21.5 Å². The molecule has 0 atom stereocenters. The van der Waals surface area contributed by atoms with Crippen molar-refractivity contribution < 1.29 is 13.2 Å². The summed E-state index contributed by atoms with van der Waals surface area (Å²) in [5.41, 5.74) is 0.570. The normalized spacial score (nSPS) is 11.4. The molecule has 1 aromatic carbocycles. The number of halogens is 2. The van der Waals surface area contributed by atoms with Crippen molar-refractivity contribution in [1.82, 2.24) is 0 Å². The van der Waals surface area contributed by atoms with Gasteiger partial charge in [-0.1, -0.05) is 15.9 Å². The molecule has 1 aromatic rings. The molecule has 6 heteroatoms. The van der Waals surface area contributed by atoms with Gasteiger partial charge in [-0.25, -0.2) is 8.42 Å². The summed E-state index contributed by atoms with van der Waals surface area (Å²) in [5, 5.41) is 0. The van der Waals surface area contributed by atoms with Gasteiger partial charge in [0.25, 0.3) is 9.05 Å². The summed E-state index contributed by atoms with van der Waals surface area (Å²) >= 11 is 3.23. The minimum atomic E-state index is -3.73. The van der Waals surface area contributed by atoms with Crippen LogP contribution in [0.25, 0.3) is 0 Å². The van der Waals surface area contributed by atoms with Crippen LogP contribution >= 0.6 is 26.6 Å². The van der Waals surface area contributed by atoms with Gasteiger partial charge in [0, 0.05) is 21.2 Å². The average Bonchev–Trinajstić information content (AvgIpc) is 2.07. The van der Waals surface area contributed by atoms with Crippen molar-refractivity contribution >= 4 is 35.7 Å². The topological polar surface area (TPSA) is 43.4 Å². The predicted octanol–water partition coefficient (Wildman–Crippen LogP) is 2.69. The monoisotopic (exact) mass is 298 g/mol. The number of hydrogen-bond acceptors (Lipinski definition) is 3. The van der Waals surface area contributed by atoms with E-state index in [4.69, 9.17) is 15.4 Å². The van der Waals surface area contributed by atoms with Gasteiger partial charge in [-0.3, -0.25) is 0 Å². The minimum Gasteiger partial charge on any atom is -0.497 e. The summed E-state index contributed by atoms with van der Waals surface area (Å²) in [6.07, 6.45) is 0. The molecule has 0 aliphatic heterocycles. The maximum absolute atomic E-state index is 11.2. The molecular formula is C8H8BrClO3S. The van der Waals surface area contributed by atoms with Crippen LogP contribution < -0.4 is 4.74 Å². The van der Waals surface area contributed by atoms with Crippen LogP contribution in [-0.2, 0) is 9.05 Å². The van der Waals surface area contributed by atoms with Crippen molar-refractivity contribution in [3.8, 4) is 5.75 Å². The molecule has 0 saturated heterocycles. The highest BCUT2D eigenvalue weighted by atomic mass is 79.9. The molecular weight excluding hydrogens is 292 g/mol. The molecule has 78 valence electrons. The third-order valence-corrected chi connectivity index (χ3v) is 4.04. The Morgan fingerprint density at radius 3 is 2.43 bits per heavy atom. The van der Waals surface area contributed by atoms with Gasteiger partial charge in [0.05, 0.1) is 12.0 Å². The van der Waals surface area contributed by atoms with Crippen LogP contribution in [0.2, 0.25) is 0 Å². The molecule has 0 aromatic heterocycles. The van der Waals surface area contributed by atoms with Crippen molar-refractivity contribution in [2.24, 2.45) is 0 Å². The Hall–Kier alpha value is -0.260. The van der Waals surface area contributed by atoms with E-state index in [0.29, 0.717) is 15.8 Å². The molecule has 1 rings (SSSR count). The smallest absolute Gasteiger partial charge is 0.261 e. The van der Waals surface area contributed by atoms with Crippen LogP contribution in [0.4, 0.5) is 0 Å². The number of ether oxygens (including phenoxy) is 1. The molecule has 0 saturated carbocycles. The van der Waals surface area contributed by atoms with Crippen molar-refractivity contribution in [2.75, 3.05) is 7.11 Å². The van der Waals surface area contributed by atoms with Crippen LogP contribution in [0.3, 0.4) is 0 Å². The molecule has 0 N–H and O–H groups in total. The first kappa shape index (κ1) is 11.8. The lowest BCUT2D eigenvalue weighted by Gasteiger charge is -2.07.